The number of hydrogen-bond acceptors (Lipinski definition) is 1. The number of nitrogens with zero attached hydrogens (tertiary/aromatic N) is 1. The van der Waals surface area contributed by atoms with Crippen LogP contribution in [0.2, 0.25) is 0 Å². The van der Waals surface area contributed by atoms with Crippen molar-refractivity contribution in [1.29, 1.82) is 5.26 Å². The van der Waals surface area contributed by atoms with Crippen molar-refractivity contribution in [2.45, 2.75) is 73.1 Å². The third-order valence-corrected chi connectivity index (χ3v) is 5.78. The molecule has 2 aromatic carbocycles. The number of aryl methyl sites for hydroxylation is 1. The average Bonchev–Trinajstić information content (AvgIpc) is 2.91. The molecule has 0 amide bonds. The molecular formula is C35H46FN. The summed E-state index contributed by atoms with van der Waals surface area (Å²) in [6.07, 6.45) is 13.9. The van der Waals surface area contributed by atoms with Crippen molar-refractivity contribution in [1.82, 2.24) is 0 Å². The Balaban J connectivity index is 0.00000241. The van der Waals surface area contributed by atoms with Gasteiger partial charge in [0, 0.05) is 5.92 Å². The third-order valence-electron chi connectivity index (χ3n) is 5.78. The van der Waals surface area contributed by atoms with Gasteiger partial charge in [-0.2, -0.15) is 5.26 Å². The molecule has 1 nitrogen and oxygen atoms in total. The van der Waals surface area contributed by atoms with Gasteiger partial charge < -0.3 is 0 Å². The van der Waals surface area contributed by atoms with Crippen LogP contribution in [0.4, 0.5) is 4.39 Å². The molecule has 0 saturated heterocycles. The fourth-order valence-corrected chi connectivity index (χ4v) is 3.90. The number of benzene rings is 2. The van der Waals surface area contributed by atoms with Crippen molar-refractivity contribution in [3.8, 4) is 6.07 Å². The van der Waals surface area contributed by atoms with E-state index in [4.69, 9.17) is 0 Å². The quantitative estimate of drug-likeness (QED) is 0.210. The van der Waals surface area contributed by atoms with Gasteiger partial charge in [0.2, 0.25) is 0 Å². The monoisotopic (exact) mass is 499 g/mol. The maximum Gasteiger partial charge on any atom is 0.123 e. The summed E-state index contributed by atoms with van der Waals surface area (Å²) in [5, 5.41) is 9.42. The van der Waals surface area contributed by atoms with Crippen LogP contribution in [0.1, 0.15) is 83.4 Å². The predicted octanol–water partition coefficient (Wildman–Crippen LogP) is 10.8. The Bertz CT molecular complexity index is 1060. The summed E-state index contributed by atoms with van der Waals surface area (Å²) < 4.78 is 13.5. The van der Waals surface area contributed by atoms with E-state index < -0.39 is 0 Å². The van der Waals surface area contributed by atoms with E-state index >= 15 is 0 Å². The molecule has 2 rings (SSSR count). The highest BCUT2D eigenvalue weighted by Crippen LogP contribution is 2.29. The van der Waals surface area contributed by atoms with Crippen molar-refractivity contribution in [2.75, 3.05) is 0 Å². The highest BCUT2D eigenvalue weighted by Gasteiger charge is 2.13. The van der Waals surface area contributed by atoms with Crippen LogP contribution >= 0.6 is 0 Å². The summed E-state index contributed by atoms with van der Waals surface area (Å²) in [5.74, 6) is 0.0540. The molecule has 1 unspecified atom stereocenters. The van der Waals surface area contributed by atoms with E-state index in [0.717, 1.165) is 60.8 Å². The Morgan fingerprint density at radius 1 is 1.05 bits per heavy atom. The van der Waals surface area contributed by atoms with Gasteiger partial charge >= 0.3 is 0 Å². The lowest BCUT2D eigenvalue weighted by Crippen LogP contribution is -2.04. The molecule has 2 aromatic rings. The molecule has 0 aromatic heterocycles. The Morgan fingerprint density at radius 3 is 2.32 bits per heavy atom. The number of halogens is 1. The molecule has 0 fully saturated rings. The van der Waals surface area contributed by atoms with E-state index in [1.165, 1.54) is 11.6 Å². The van der Waals surface area contributed by atoms with Gasteiger partial charge in [-0.1, -0.05) is 100 Å². The summed E-state index contributed by atoms with van der Waals surface area (Å²) >= 11 is 0. The summed E-state index contributed by atoms with van der Waals surface area (Å²) in [6, 6.07) is 16.7. The van der Waals surface area contributed by atoms with Gasteiger partial charge in [0.05, 0.1) is 11.6 Å². The molecule has 0 radical (unpaired) electrons. The highest BCUT2D eigenvalue weighted by atomic mass is 19.1. The lowest BCUT2D eigenvalue weighted by Gasteiger charge is -2.19. The molecule has 2 heteroatoms. The molecule has 0 heterocycles. The molecule has 0 spiro atoms. The summed E-state index contributed by atoms with van der Waals surface area (Å²) in [6.45, 7) is 22.0. The van der Waals surface area contributed by atoms with Gasteiger partial charge in [-0.15, -0.1) is 13.2 Å². The number of rotatable bonds is 12. The normalized spacial score (nSPS) is 11.6. The van der Waals surface area contributed by atoms with Crippen molar-refractivity contribution in [3.05, 3.63) is 126 Å². The number of nitriles is 1. The van der Waals surface area contributed by atoms with Crippen LogP contribution in [-0.4, -0.2) is 0 Å². The first-order chi connectivity index (χ1) is 17.9. The number of hydrogen-bond donors (Lipinski definition) is 0. The largest absolute Gasteiger partial charge is 0.207 e. The highest BCUT2D eigenvalue weighted by molar-refractivity contribution is 5.70. The summed E-state index contributed by atoms with van der Waals surface area (Å²) in [5.41, 5.74) is 5.98. The van der Waals surface area contributed by atoms with Gasteiger partial charge in [0.1, 0.15) is 5.82 Å². The molecule has 1 atom stereocenters. The minimum Gasteiger partial charge on any atom is -0.207 e. The molecule has 198 valence electrons. The molecule has 0 aliphatic carbocycles. The van der Waals surface area contributed by atoms with E-state index in [0.29, 0.717) is 5.56 Å². The first kappa shape index (κ1) is 33.6. The predicted molar refractivity (Wildman–Crippen MR) is 162 cm³/mol. The Labute approximate surface area is 226 Å². The van der Waals surface area contributed by atoms with Crippen LogP contribution in [-0.2, 0) is 6.42 Å². The van der Waals surface area contributed by atoms with E-state index in [1.807, 2.05) is 64.1 Å². The molecule has 0 bridgehead atoms. The van der Waals surface area contributed by atoms with Crippen molar-refractivity contribution in [3.63, 3.8) is 0 Å². The smallest absolute Gasteiger partial charge is 0.123 e. The standard InChI is InChI=1S/C30H34FN.C3H6.C2H6/c1-5-7-15-26(6-2)30(20-19-24(4)29-18-9-8-16-27(29)22-32)23(3)12-10-13-25-14-11-17-28(31)21-25;1-3-2;1-2/h6,8-9,11,14,16-21,26H,2-3,5,7,10,12-13,15H2,1,4H3;3H,1H2,2H3;1-2H3/b24-19+,30-20+;;. The molecule has 0 N–H and O–H groups in total. The second kappa shape index (κ2) is 20.7. The lowest BCUT2D eigenvalue weighted by molar-refractivity contribution is 0.615. The van der Waals surface area contributed by atoms with E-state index in [9.17, 15) is 9.65 Å². The zero-order valence-electron chi connectivity index (χ0n) is 23.7. The van der Waals surface area contributed by atoms with E-state index in [-0.39, 0.29) is 11.7 Å². The summed E-state index contributed by atoms with van der Waals surface area (Å²) in [4.78, 5) is 0. The van der Waals surface area contributed by atoms with Crippen molar-refractivity contribution >= 4 is 5.57 Å². The van der Waals surface area contributed by atoms with Gasteiger partial charge in [-0.3, -0.25) is 0 Å². The molecule has 37 heavy (non-hydrogen) atoms. The maximum absolute atomic E-state index is 13.5. The molecule has 0 aliphatic rings. The first-order valence-corrected chi connectivity index (χ1v) is 13.4. The first-order valence-electron chi connectivity index (χ1n) is 13.4. The lowest BCUT2D eigenvalue weighted by atomic mass is 9.86. The zero-order chi connectivity index (χ0) is 28.1. The molecule has 0 saturated carbocycles. The molecule has 0 aliphatic heterocycles. The molecular weight excluding hydrogens is 453 g/mol. The van der Waals surface area contributed by atoms with Gasteiger partial charge in [0.15, 0.2) is 0 Å². The number of unbranched alkanes of at least 4 members (excludes halogenated alkanes) is 1. The van der Waals surface area contributed by atoms with Gasteiger partial charge in [0.25, 0.3) is 0 Å². The minimum absolute atomic E-state index is 0.188. The van der Waals surface area contributed by atoms with Crippen molar-refractivity contribution < 1.29 is 4.39 Å². The van der Waals surface area contributed by atoms with Crippen LogP contribution < -0.4 is 0 Å². The Morgan fingerprint density at radius 2 is 1.73 bits per heavy atom. The fourth-order valence-electron chi connectivity index (χ4n) is 3.90. The van der Waals surface area contributed by atoms with Crippen LogP contribution in [0.3, 0.4) is 0 Å². The van der Waals surface area contributed by atoms with Crippen LogP contribution in [0.25, 0.3) is 5.57 Å². The van der Waals surface area contributed by atoms with Crippen molar-refractivity contribution in [2.24, 2.45) is 5.92 Å². The zero-order valence-corrected chi connectivity index (χ0v) is 23.7. The Hall–Kier alpha value is -3.44. The number of allylic oxidation sites excluding steroid dienone is 7. The minimum atomic E-state index is -0.188. The Kier molecular flexibility index (Phi) is 18.8. The maximum atomic E-state index is 13.5. The third kappa shape index (κ3) is 12.9. The van der Waals surface area contributed by atoms with Gasteiger partial charge in [-0.25, -0.2) is 4.39 Å². The van der Waals surface area contributed by atoms with Crippen LogP contribution in [0.15, 0.2) is 104 Å². The average molecular weight is 500 g/mol. The fraction of sp³-hybridized carbons (Fsp3) is 0.343. The van der Waals surface area contributed by atoms with E-state index in [1.54, 1.807) is 18.2 Å². The van der Waals surface area contributed by atoms with E-state index in [2.05, 4.69) is 44.9 Å². The van der Waals surface area contributed by atoms with Crippen LogP contribution in [0.5, 0.6) is 0 Å². The van der Waals surface area contributed by atoms with Crippen LogP contribution in [0, 0.1) is 23.1 Å². The second-order valence-electron chi connectivity index (χ2n) is 8.61. The van der Waals surface area contributed by atoms with Gasteiger partial charge in [-0.05, 0) is 80.0 Å². The SMILES string of the molecule is C=CC.C=CC(CCCC)/C(=C/C=C(\C)c1ccccc1C#N)C(=C)CCCc1cccc(F)c1.CC. The topological polar surface area (TPSA) is 23.8 Å². The second-order valence-corrected chi connectivity index (χ2v) is 8.61. The summed E-state index contributed by atoms with van der Waals surface area (Å²) in [7, 11) is 0.